The monoisotopic (exact) mass is 332 g/mol. The van der Waals surface area contributed by atoms with Crippen molar-refractivity contribution in [1.82, 2.24) is 20.1 Å². The third-order valence-electron chi connectivity index (χ3n) is 4.65. The summed E-state index contributed by atoms with van der Waals surface area (Å²) in [6, 6.07) is 5.11. The number of benzene rings is 1. The fourth-order valence-electron chi connectivity index (χ4n) is 3.40. The van der Waals surface area contributed by atoms with Crippen LogP contribution in [0.15, 0.2) is 18.2 Å². The first-order valence-corrected chi connectivity index (χ1v) is 8.00. The van der Waals surface area contributed by atoms with Gasteiger partial charge in [0, 0.05) is 53.7 Å². The third kappa shape index (κ3) is 2.34. The molecule has 1 atom stereocenters. The molecule has 0 aliphatic carbocycles. The van der Waals surface area contributed by atoms with Gasteiger partial charge in [0.15, 0.2) is 0 Å². The lowest BCUT2D eigenvalue weighted by atomic mass is 10.0. The Labute approximate surface area is 138 Å². The van der Waals surface area contributed by atoms with Gasteiger partial charge in [-0.2, -0.15) is 0 Å². The average Bonchev–Trinajstić information content (AvgIpc) is 3.06. The molecule has 7 heteroatoms. The Bertz CT molecular complexity index is 816. The molecule has 120 valence electrons. The fraction of sp³-hybridized carbons (Fsp3) is 0.375. The Balaban J connectivity index is 1.61. The van der Waals surface area contributed by atoms with Crippen molar-refractivity contribution < 1.29 is 9.59 Å². The maximum Gasteiger partial charge on any atom is 0.317 e. The highest BCUT2D eigenvalue weighted by Gasteiger charge is 2.35. The molecule has 0 saturated carbocycles. The molecule has 1 aromatic carbocycles. The predicted molar refractivity (Wildman–Crippen MR) is 87.4 cm³/mol. The van der Waals surface area contributed by atoms with Gasteiger partial charge in [-0.25, -0.2) is 4.79 Å². The van der Waals surface area contributed by atoms with Crippen LogP contribution in [-0.2, 0) is 17.8 Å². The number of nitrogens with one attached hydrogen (secondary N) is 2. The van der Waals surface area contributed by atoms with Crippen molar-refractivity contribution in [1.29, 1.82) is 0 Å². The van der Waals surface area contributed by atoms with E-state index >= 15 is 0 Å². The number of urea groups is 1. The van der Waals surface area contributed by atoms with Gasteiger partial charge >= 0.3 is 6.03 Å². The Kier molecular flexibility index (Phi) is 3.23. The summed E-state index contributed by atoms with van der Waals surface area (Å²) < 4.78 is 0. The molecule has 1 fully saturated rings. The third-order valence-corrected chi connectivity index (χ3v) is 4.88. The fourth-order valence-corrected chi connectivity index (χ4v) is 3.57. The number of aromatic nitrogens is 1. The summed E-state index contributed by atoms with van der Waals surface area (Å²) in [6.07, 6.45) is 0.782. The number of amides is 3. The standard InChI is InChI=1S/C16H17ClN4O2/c1-20-8-14(19-16(20)23)15(22)21-5-4-13-11(7-21)10-6-9(17)2-3-12(10)18-13/h2-3,6,14,18H,4-5,7-8H2,1H3,(H,19,23)/t14-/m1/s1. The molecule has 2 N–H and O–H groups in total. The van der Waals surface area contributed by atoms with E-state index in [0.717, 1.165) is 22.9 Å². The second kappa shape index (κ2) is 5.16. The van der Waals surface area contributed by atoms with Crippen molar-refractivity contribution >= 4 is 34.4 Å². The van der Waals surface area contributed by atoms with E-state index in [1.165, 1.54) is 10.6 Å². The number of nitrogens with zero attached hydrogens (tertiary/aromatic N) is 2. The minimum absolute atomic E-state index is 0.0234. The van der Waals surface area contributed by atoms with Gasteiger partial charge in [-0.05, 0) is 18.2 Å². The molecule has 0 radical (unpaired) electrons. The van der Waals surface area contributed by atoms with E-state index < -0.39 is 6.04 Å². The zero-order valence-corrected chi connectivity index (χ0v) is 13.5. The van der Waals surface area contributed by atoms with Gasteiger partial charge in [0.2, 0.25) is 5.91 Å². The van der Waals surface area contributed by atoms with Gasteiger partial charge in [-0.3, -0.25) is 4.79 Å². The number of fused-ring (bicyclic) bond motifs is 3. The Morgan fingerprint density at radius 3 is 2.96 bits per heavy atom. The van der Waals surface area contributed by atoms with Crippen molar-refractivity contribution in [3.63, 3.8) is 0 Å². The normalized spacial score (nSPS) is 20.8. The summed E-state index contributed by atoms with van der Waals surface area (Å²) in [4.78, 5) is 31.0. The van der Waals surface area contributed by atoms with Gasteiger partial charge < -0.3 is 20.1 Å². The number of aromatic amines is 1. The molecular formula is C16H17ClN4O2. The first-order chi connectivity index (χ1) is 11.0. The van der Waals surface area contributed by atoms with E-state index in [-0.39, 0.29) is 11.9 Å². The molecule has 0 bridgehead atoms. The van der Waals surface area contributed by atoms with Crippen molar-refractivity contribution in [2.45, 2.75) is 19.0 Å². The van der Waals surface area contributed by atoms with Crippen LogP contribution in [0.2, 0.25) is 5.02 Å². The number of H-pyrrole nitrogens is 1. The van der Waals surface area contributed by atoms with Gasteiger partial charge in [0.1, 0.15) is 6.04 Å². The molecule has 2 aromatic rings. The lowest BCUT2D eigenvalue weighted by Crippen LogP contribution is -2.47. The molecule has 2 aliphatic heterocycles. The van der Waals surface area contributed by atoms with Crippen LogP contribution in [0.4, 0.5) is 4.79 Å². The first kappa shape index (κ1) is 14.4. The second-order valence-corrected chi connectivity index (χ2v) is 6.60. The summed E-state index contributed by atoms with van der Waals surface area (Å²) in [5.74, 6) is -0.0234. The highest BCUT2D eigenvalue weighted by atomic mass is 35.5. The zero-order valence-electron chi connectivity index (χ0n) is 12.7. The summed E-state index contributed by atoms with van der Waals surface area (Å²) in [6.45, 7) is 1.62. The first-order valence-electron chi connectivity index (χ1n) is 7.62. The lowest BCUT2D eigenvalue weighted by molar-refractivity contribution is -0.133. The molecule has 0 spiro atoms. The molecule has 3 heterocycles. The van der Waals surface area contributed by atoms with Crippen molar-refractivity contribution in [3.8, 4) is 0 Å². The highest BCUT2D eigenvalue weighted by Crippen LogP contribution is 2.30. The second-order valence-electron chi connectivity index (χ2n) is 6.16. The van der Waals surface area contributed by atoms with Crippen LogP contribution >= 0.6 is 11.6 Å². The predicted octanol–water partition coefficient (Wildman–Crippen LogP) is 1.73. The van der Waals surface area contributed by atoms with E-state index in [0.29, 0.717) is 24.7 Å². The number of carbonyl (C=O) groups is 2. The number of rotatable bonds is 1. The molecule has 4 rings (SSSR count). The maximum atomic E-state index is 12.7. The van der Waals surface area contributed by atoms with Crippen LogP contribution in [-0.4, -0.2) is 52.9 Å². The highest BCUT2D eigenvalue weighted by molar-refractivity contribution is 6.31. The average molecular weight is 333 g/mol. The van der Waals surface area contributed by atoms with Crippen molar-refractivity contribution in [3.05, 3.63) is 34.5 Å². The van der Waals surface area contributed by atoms with E-state index in [1.54, 1.807) is 7.05 Å². The topological polar surface area (TPSA) is 68.4 Å². The van der Waals surface area contributed by atoms with E-state index in [9.17, 15) is 9.59 Å². The zero-order chi connectivity index (χ0) is 16.1. The Hall–Kier alpha value is -2.21. The van der Waals surface area contributed by atoms with E-state index in [4.69, 9.17) is 11.6 Å². The van der Waals surface area contributed by atoms with Gasteiger partial charge in [-0.15, -0.1) is 0 Å². The number of hydrogen-bond acceptors (Lipinski definition) is 2. The summed E-state index contributed by atoms with van der Waals surface area (Å²) in [5.41, 5.74) is 3.33. The van der Waals surface area contributed by atoms with Crippen LogP contribution in [0.5, 0.6) is 0 Å². The van der Waals surface area contributed by atoms with Crippen LogP contribution in [0.25, 0.3) is 10.9 Å². The van der Waals surface area contributed by atoms with E-state index in [2.05, 4.69) is 10.3 Å². The number of hydrogen-bond donors (Lipinski definition) is 2. The number of halogens is 1. The quantitative estimate of drug-likeness (QED) is 0.835. The van der Waals surface area contributed by atoms with Crippen molar-refractivity contribution in [2.75, 3.05) is 20.1 Å². The molecule has 3 amide bonds. The molecule has 23 heavy (non-hydrogen) atoms. The lowest BCUT2D eigenvalue weighted by Gasteiger charge is -2.29. The Morgan fingerprint density at radius 1 is 1.39 bits per heavy atom. The molecule has 1 aromatic heterocycles. The minimum Gasteiger partial charge on any atom is -0.358 e. The summed E-state index contributed by atoms with van der Waals surface area (Å²) in [5, 5.41) is 4.49. The summed E-state index contributed by atoms with van der Waals surface area (Å²) in [7, 11) is 1.69. The summed E-state index contributed by atoms with van der Waals surface area (Å²) >= 11 is 6.11. The number of carbonyl (C=O) groups excluding carboxylic acids is 2. The van der Waals surface area contributed by atoms with Gasteiger partial charge in [0.05, 0.1) is 6.54 Å². The van der Waals surface area contributed by atoms with Gasteiger partial charge in [-0.1, -0.05) is 11.6 Å². The van der Waals surface area contributed by atoms with Crippen LogP contribution in [0.1, 0.15) is 11.3 Å². The largest absolute Gasteiger partial charge is 0.358 e. The van der Waals surface area contributed by atoms with Crippen LogP contribution in [0.3, 0.4) is 0 Å². The van der Waals surface area contributed by atoms with E-state index in [1.807, 2.05) is 23.1 Å². The SMILES string of the molecule is CN1C[C@H](C(=O)N2CCc3[nH]c4ccc(Cl)cc4c3C2)NC1=O. The minimum atomic E-state index is -0.456. The molecule has 6 nitrogen and oxygen atoms in total. The maximum absolute atomic E-state index is 12.7. The van der Waals surface area contributed by atoms with Crippen molar-refractivity contribution in [2.24, 2.45) is 0 Å². The van der Waals surface area contributed by atoms with Crippen LogP contribution < -0.4 is 5.32 Å². The van der Waals surface area contributed by atoms with Gasteiger partial charge in [0.25, 0.3) is 0 Å². The number of likely N-dealkylation sites (N-methyl/N-ethyl adjacent to an activating group) is 1. The molecule has 0 unspecified atom stereocenters. The molecule has 1 saturated heterocycles. The Morgan fingerprint density at radius 2 is 2.22 bits per heavy atom. The smallest absolute Gasteiger partial charge is 0.317 e. The molecule has 2 aliphatic rings. The molecular weight excluding hydrogens is 316 g/mol. The van der Waals surface area contributed by atoms with Crippen LogP contribution in [0, 0.1) is 0 Å².